The van der Waals surface area contributed by atoms with Crippen LogP contribution in [0.25, 0.3) is 0 Å². The van der Waals surface area contributed by atoms with Gasteiger partial charge in [0.25, 0.3) is 11.6 Å². The van der Waals surface area contributed by atoms with Gasteiger partial charge >= 0.3 is 6.01 Å². The lowest BCUT2D eigenvalue weighted by atomic mass is 10.2. The summed E-state index contributed by atoms with van der Waals surface area (Å²) in [7, 11) is 1.46. The van der Waals surface area contributed by atoms with E-state index in [2.05, 4.69) is 25.5 Å². The molecule has 1 aromatic heterocycles. The zero-order valence-corrected chi connectivity index (χ0v) is 15.1. The van der Waals surface area contributed by atoms with Crippen molar-refractivity contribution in [3.8, 4) is 6.01 Å². The van der Waals surface area contributed by atoms with Crippen LogP contribution in [0, 0.1) is 10.1 Å². The number of nitrogens with zero attached hydrogens (tertiary/aromatic N) is 6. The molecule has 11 nitrogen and oxygen atoms in total. The highest BCUT2D eigenvalue weighted by molar-refractivity contribution is 6.32. The highest BCUT2D eigenvalue weighted by Crippen LogP contribution is 2.24. The number of methoxy groups -OCH3 is 1. The first kappa shape index (κ1) is 18.7. The number of anilines is 2. The van der Waals surface area contributed by atoms with E-state index in [1.807, 2.05) is 4.90 Å². The van der Waals surface area contributed by atoms with Gasteiger partial charge in [0.1, 0.15) is 5.02 Å². The monoisotopic (exact) mass is 393 g/mol. The van der Waals surface area contributed by atoms with Gasteiger partial charge in [-0.1, -0.05) is 17.7 Å². The summed E-state index contributed by atoms with van der Waals surface area (Å²) in [6.45, 7) is 2.49. The minimum Gasteiger partial charge on any atom is -0.467 e. The van der Waals surface area contributed by atoms with Gasteiger partial charge in [-0.3, -0.25) is 10.1 Å². The standard InChI is InChI=1S/C15H16ClN7O4/c1-26-15-19-13(18-14(20-15)22-4-6-27-7-5-22)21-17-9-10-2-3-11(16)12(8-10)23(24)25/h2-3,8-9H,4-7H2,1H3,(H,18,19,20,21)/b17-9-. The van der Waals surface area contributed by atoms with Crippen LogP contribution in [-0.2, 0) is 4.74 Å². The summed E-state index contributed by atoms with van der Waals surface area (Å²) in [5.74, 6) is 0.632. The van der Waals surface area contributed by atoms with Gasteiger partial charge in [-0.05, 0) is 6.07 Å². The summed E-state index contributed by atoms with van der Waals surface area (Å²) in [6.07, 6.45) is 1.40. The van der Waals surface area contributed by atoms with E-state index >= 15 is 0 Å². The maximum absolute atomic E-state index is 10.9. The Morgan fingerprint density at radius 3 is 2.85 bits per heavy atom. The predicted octanol–water partition coefficient (Wildman–Crippen LogP) is 1.72. The molecule has 1 fully saturated rings. The van der Waals surface area contributed by atoms with Crippen LogP contribution < -0.4 is 15.1 Å². The van der Waals surface area contributed by atoms with Crippen molar-refractivity contribution in [3.63, 3.8) is 0 Å². The molecule has 1 aliphatic heterocycles. The number of hydrogen-bond donors (Lipinski definition) is 1. The fourth-order valence-electron chi connectivity index (χ4n) is 2.31. The van der Waals surface area contributed by atoms with Crippen LogP contribution in [0.1, 0.15) is 5.56 Å². The number of rotatable bonds is 6. The first-order chi connectivity index (χ1) is 13.1. The molecular formula is C15H16ClN7O4. The molecule has 0 unspecified atom stereocenters. The number of ether oxygens (including phenoxy) is 2. The largest absolute Gasteiger partial charge is 0.467 e. The molecule has 1 aromatic carbocycles. The van der Waals surface area contributed by atoms with Crippen LogP contribution >= 0.6 is 11.6 Å². The maximum Gasteiger partial charge on any atom is 0.322 e. The van der Waals surface area contributed by atoms with Crippen LogP contribution in [0.15, 0.2) is 23.3 Å². The Hall–Kier alpha value is -3.05. The van der Waals surface area contributed by atoms with E-state index in [-0.39, 0.29) is 22.7 Å². The Bertz CT molecular complexity index is 858. The topological polar surface area (TPSA) is 128 Å². The predicted molar refractivity (Wildman–Crippen MR) is 98.7 cm³/mol. The molecule has 0 radical (unpaired) electrons. The summed E-state index contributed by atoms with van der Waals surface area (Å²) in [6, 6.07) is 4.50. The van der Waals surface area contributed by atoms with Crippen LogP contribution in [0.5, 0.6) is 6.01 Å². The molecule has 2 aromatic rings. The van der Waals surface area contributed by atoms with Crippen molar-refractivity contribution in [3.05, 3.63) is 38.9 Å². The molecule has 0 aliphatic carbocycles. The lowest BCUT2D eigenvalue weighted by Gasteiger charge is -2.26. The van der Waals surface area contributed by atoms with Crippen molar-refractivity contribution >= 4 is 35.4 Å². The molecule has 0 bridgehead atoms. The van der Waals surface area contributed by atoms with E-state index in [4.69, 9.17) is 21.1 Å². The van der Waals surface area contributed by atoms with Gasteiger partial charge in [0.15, 0.2) is 0 Å². The van der Waals surface area contributed by atoms with E-state index in [1.165, 1.54) is 25.5 Å². The molecule has 1 saturated heterocycles. The van der Waals surface area contributed by atoms with Gasteiger partial charge in [0.2, 0.25) is 5.95 Å². The van der Waals surface area contributed by atoms with Crippen molar-refractivity contribution < 1.29 is 14.4 Å². The molecule has 0 saturated carbocycles. The van der Waals surface area contributed by atoms with Crippen molar-refractivity contribution in [2.75, 3.05) is 43.7 Å². The molecular weight excluding hydrogens is 378 g/mol. The summed E-state index contributed by atoms with van der Waals surface area (Å²) >= 11 is 5.79. The third-order valence-corrected chi connectivity index (χ3v) is 3.94. The number of nitro groups is 1. The molecule has 27 heavy (non-hydrogen) atoms. The molecule has 0 spiro atoms. The average Bonchev–Trinajstić information content (AvgIpc) is 2.69. The summed E-state index contributed by atoms with van der Waals surface area (Å²) in [4.78, 5) is 24.9. The summed E-state index contributed by atoms with van der Waals surface area (Å²) in [5, 5.41) is 15.0. The van der Waals surface area contributed by atoms with Gasteiger partial charge in [-0.2, -0.15) is 20.1 Å². The maximum atomic E-state index is 10.9. The third-order valence-electron chi connectivity index (χ3n) is 3.62. The SMILES string of the molecule is COc1nc(N/N=C\c2ccc(Cl)c([N+](=O)[O-])c2)nc(N2CCOCC2)n1. The van der Waals surface area contributed by atoms with Crippen LogP contribution in [0.4, 0.5) is 17.6 Å². The van der Waals surface area contributed by atoms with Crippen molar-refractivity contribution in [2.24, 2.45) is 5.10 Å². The van der Waals surface area contributed by atoms with Crippen LogP contribution in [0.2, 0.25) is 5.02 Å². The Labute approximate surface area is 159 Å². The fourth-order valence-corrected chi connectivity index (χ4v) is 2.49. The van der Waals surface area contributed by atoms with E-state index < -0.39 is 4.92 Å². The average molecular weight is 394 g/mol. The van der Waals surface area contributed by atoms with Gasteiger partial charge in [0.05, 0.1) is 31.5 Å². The van der Waals surface area contributed by atoms with Crippen molar-refractivity contribution in [2.45, 2.75) is 0 Å². The van der Waals surface area contributed by atoms with E-state index in [1.54, 1.807) is 6.07 Å². The van der Waals surface area contributed by atoms with Gasteiger partial charge in [0, 0.05) is 24.7 Å². The van der Waals surface area contributed by atoms with E-state index in [0.717, 1.165) is 0 Å². The van der Waals surface area contributed by atoms with Crippen LogP contribution in [-0.4, -0.2) is 59.5 Å². The minimum absolute atomic E-state index is 0.0578. The molecule has 0 atom stereocenters. The first-order valence-corrected chi connectivity index (χ1v) is 8.30. The number of nitrogens with one attached hydrogen (secondary N) is 1. The van der Waals surface area contributed by atoms with Gasteiger partial charge in [-0.25, -0.2) is 5.43 Å². The second-order valence-corrected chi connectivity index (χ2v) is 5.79. The quantitative estimate of drug-likeness (QED) is 0.443. The summed E-state index contributed by atoms with van der Waals surface area (Å²) < 4.78 is 10.4. The normalized spacial score (nSPS) is 14.4. The van der Waals surface area contributed by atoms with Crippen molar-refractivity contribution in [1.29, 1.82) is 0 Å². The number of hydrazone groups is 1. The van der Waals surface area contributed by atoms with E-state index in [9.17, 15) is 10.1 Å². The molecule has 2 heterocycles. The fraction of sp³-hybridized carbons (Fsp3) is 0.333. The van der Waals surface area contributed by atoms with Gasteiger partial charge < -0.3 is 14.4 Å². The minimum atomic E-state index is -0.557. The smallest absolute Gasteiger partial charge is 0.322 e. The highest BCUT2D eigenvalue weighted by Gasteiger charge is 2.17. The second kappa shape index (κ2) is 8.56. The second-order valence-electron chi connectivity index (χ2n) is 5.38. The number of hydrogen-bond acceptors (Lipinski definition) is 10. The first-order valence-electron chi connectivity index (χ1n) is 7.92. The number of aromatic nitrogens is 3. The van der Waals surface area contributed by atoms with Crippen LogP contribution in [0.3, 0.4) is 0 Å². The molecule has 142 valence electrons. The molecule has 0 amide bonds. The highest BCUT2D eigenvalue weighted by atomic mass is 35.5. The number of halogens is 1. The summed E-state index contributed by atoms with van der Waals surface area (Å²) in [5.41, 5.74) is 2.97. The lowest BCUT2D eigenvalue weighted by molar-refractivity contribution is -0.384. The molecule has 12 heteroatoms. The molecule has 3 rings (SSSR count). The lowest BCUT2D eigenvalue weighted by Crippen LogP contribution is -2.37. The van der Waals surface area contributed by atoms with Crippen molar-refractivity contribution in [1.82, 2.24) is 15.0 Å². The Kier molecular flexibility index (Phi) is 5.94. The Morgan fingerprint density at radius 2 is 2.15 bits per heavy atom. The number of nitro benzene ring substituents is 1. The number of benzene rings is 1. The zero-order valence-electron chi connectivity index (χ0n) is 14.3. The van der Waals surface area contributed by atoms with Gasteiger partial charge in [-0.15, -0.1) is 0 Å². The Morgan fingerprint density at radius 1 is 1.37 bits per heavy atom. The zero-order chi connectivity index (χ0) is 19.2. The number of morpholine rings is 1. The Balaban J connectivity index is 1.76. The third kappa shape index (κ3) is 4.77. The molecule has 1 aliphatic rings. The van der Waals surface area contributed by atoms with E-state index in [0.29, 0.717) is 37.8 Å². The molecule has 1 N–H and O–H groups in total.